The lowest BCUT2D eigenvalue weighted by Crippen LogP contribution is -2.38. The number of benzene rings is 2. The number of thiophene rings is 1. The van der Waals surface area contributed by atoms with Crippen molar-refractivity contribution in [2.24, 2.45) is 5.92 Å². The van der Waals surface area contributed by atoms with Crippen molar-refractivity contribution in [1.29, 1.82) is 0 Å². The van der Waals surface area contributed by atoms with Crippen molar-refractivity contribution >= 4 is 17.2 Å². The Hall–Kier alpha value is -2.57. The maximum atomic E-state index is 13.7. The molecule has 0 radical (unpaired) electrons. The summed E-state index contributed by atoms with van der Waals surface area (Å²) < 4.78 is 27.1. The van der Waals surface area contributed by atoms with Gasteiger partial charge in [-0.2, -0.15) is 11.3 Å². The molecule has 3 heterocycles. The molecule has 2 aliphatic heterocycles. The van der Waals surface area contributed by atoms with E-state index >= 15 is 0 Å². The van der Waals surface area contributed by atoms with Gasteiger partial charge in [-0.25, -0.2) is 8.78 Å². The first kappa shape index (κ1) is 22.2. The van der Waals surface area contributed by atoms with Gasteiger partial charge in [-0.3, -0.25) is 4.79 Å². The maximum Gasteiger partial charge on any atom is 0.253 e. The number of rotatable bonds is 5. The summed E-state index contributed by atoms with van der Waals surface area (Å²) >= 11 is 1.67. The third-order valence-corrected chi connectivity index (χ3v) is 7.92. The molecule has 172 valence electrons. The van der Waals surface area contributed by atoms with E-state index in [9.17, 15) is 13.6 Å². The van der Waals surface area contributed by atoms with Gasteiger partial charge >= 0.3 is 0 Å². The predicted octanol–water partition coefficient (Wildman–Crippen LogP) is 5.76. The number of carbonyl (C=O) groups excluding carboxylic acids is 1. The van der Waals surface area contributed by atoms with E-state index in [1.807, 2.05) is 4.90 Å². The Labute approximate surface area is 197 Å². The molecule has 3 aromatic rings. The van der Waals surface area contributed by atoms with Crippen molar-refractivity contribution in [1.82, 2.24) is 9.80 Å². The molecule has 0 bridgehead atoms. The monoisotopic (exact) mass is 466 g/mol. The second kappa shape index (κ2) is 9.74. The van der Waals surface area contributed by atoms with Crippen LogP contribution < -0.4 is 0 Å². The third-order valence-electron chi connectivity index (χ3n) is 7.22. The van der Waals surface area contributed by atoms with Gasteiger partial charge in [0.25, 0.3) is 5.91 Å². The van der Waals surface area contributed by atoms with Crippen LogP contribution in [0.3, 0.4) is 0 Å². The molecular formula is C27H28F2N2OS. The second-order valence-electron chi connectivity index (χ2n) is 9.25. The van der Waals surface area contributed by atoms with E-state index in [1.54, 1.807) is 11.3 Å². The van der Waals surface area contributed by atoms with Crippen LogP contribution in [0.1, 0.15) is 46.2 Å². The van der Waals surface area contributed by atoms with Crippen LogP contribution in [0, 0.1) is 17.6 Å². The molecule has 0 N–H and O–H groups in total. The van der Waals surface area contributed by atoms with Crippen molar-refractivity contribution in [3.63, 3.8) is 0 Å². The van der Waals surface area contributed by atoms with Crippen LogP contribution in [0.2, 0.25) is 0 Å². The average Bonchev–Trinajstić information content (AvgIpc) is 3.52. The zero-order valence-electron chi connectivity index (χ0n) is 18.5. The molecule has 0 spiro atoms. The van der Waals surface area contributed by atoms with E-state index in [2.05, 4.69) is 52.1 Å². The molecule has 6 heteroatoms. The first-order valence-corrected chi connectivity index (χ1v) is 12.6. The van der Waals surface area contributed by atoms with Gasteiger partial charge in [0.1, 0.15) is 0 Å². The highest BCUT2D eigenvalue weighted by Gasteiger charge is 2.38. The van der Waals surface area contributed by atoms with E-state index in [4.69, 9.17) is 0 Å². The first-order chi connectivity index (χ1) is 16.1. The van der Waals surface area contributed by atoms with Gasteiger partial charge < -0.3 is 9.80 Å². The number of amides is 1. The molecule has 2 fully saturated rings. The molecule has 5 rings (SSSR count). The summed E-state index contributed by atoms with van der Waals surface area (Å²) in [6.45, 7) is 4.31. The zero-order chi connectivity index (χ0) is 22.8. The van der Waals surface area contributed by atoms with E-state index in [-0.39, 0.29) is 17.4 Å². The predicted molar refractivity (Wildman–Crippen MR) is 128 cm³/mol. The summed E-state index contributed by atoms with van der Waals surface area (Å²) in [5.41, 5.74) is 2.91. The van der Waals surface area contributed by atoms with Crippen molar-refractivity contribution < 1.29 is 13.6 Å². The first-order valence-electron chi connectivity index (χ1n) is 11.6. The molecule has 0 saturated carbocycles. The maximum absolute atomic E-state index is 13.7. The number of nitrogens with zero attached hydrogens (tertiary/aromatic N) is 2. The highest BCUT2D eigenvalue weighted by atomic mass is 32.1. The number of carbonyl (C=O) groups is 1. The highest BCUT2D eigenvalue weighted by Crippen LogP contribution is 2.36. The molecule has 2 saturated heterocycles. The van der Waals surface area contributed by atoms with E-state index in [0.29, 0.717) is 24.9 Å². The van der Waals surface area contributed by atoms with Crippen molar-refractivity contribution in [2.45, 2.75) is 24.7 Å². The number of hydrogen-bond donors (Lipinski definition) is 0. The largest absolute Gasteiger partial charge is 0.338 e. The fraction of sp³-hybridized carbons (Fsp3) is 0.370. The van der Waals surface area contributed by atoms with Gasteiger partial charge in [0.2, 0.25) is 0 Å². The molecule has 33 heavy (non-hydrogen) atoms. The summed E-state index contributed by atoms with van der Waals surface area (Å²) in [4.78, 5) is 17.4. The summed E-state index contributed by atoms with van der Waals surface area (Å²) in [6.07, 6.45) is 2.30. The molecule has 3 nitrogen and oxygen atoms in total. The quantitative estimate of drug-likeness (QED) is 0.477. The molecule has 0 unspecified atom stereocenters. The Morgan fingerprint density at radius 2 is 1.73 bits per heavy atom. The molecular weight excluding hydrogens is 438 g/mol. The Bertz CT molecular complexity index is 1080. The molecule has 1 aromatic heterocycles. The van der Waals surface area contributed by atoms with Crippen molar-refractivity contribution in [3.8, 4) is 0 Å². The topological polar surface area (TPSA) is 23.6 Å². The Kier molecular flexibility index (Phi) is 6.56. The average molecular weight is 467 g/mol. The van der Waals surface area contributed by atoms with Gasteiger partial charge in [0, 0.05) is 31.1 Å². The van der Waals surface area contributed by atoms with Gasteiger partial charge in [0.15, 0.2) is 11.6 Å². The number of piperidine rings is 1. The lowest BCUT2D eigenvalue weighted by molar-refractivity contribution is 0.0780. The lowest BCUT2D eigenvalue weighted by Gasteiger charge is -2.34. The fourth-order valence-electron chi connectivity index (χ4n) is 5.40. The fourth-order valence-corrected chi connectivity index (χ4v) is 6.13. The standard InChI is InChI=1S/C27H28F2N2OS/c28-25-7-6-21(14-26(25)29)27(32)31-16-23(24(17-31)22-10-13-33-18-22)15-30-11-8-20(9-12-30)19-4-2-1-3-5-19/h1-7,10,13-14,18,20,23-24H,8-9,11-12,15-17H2/t23-,24+/m1/s1. The SMILES string of the molecule is O=C(c1ccc(F)c(F)c1)N1C[C@@H](CN2CCC(c3ccccc3)CC2)[C@H](c2ccsc2)C1. The summed E-state index contributed by atoms with van der Waals surface area (Å²) in [5.74, 6) is -0.933. The Morgan fingerprint density at radius 1 is 0.939 bits per heavy atom. The number of hydrogen-bond acceptors (Lipinski definition) is 3. The van der Waals surface area contributed by atoms with Crippen LogP contribution in [-0.4, -0.2) is 48.4 Å². The smallest absolute Gasteiger partial charge is 0.253 e. The number of halogens is 2. The minimum Gasteiger partial charge on any atom is -0.338 e. The van der Waals surface area contributed by atoms with E-state index in [1.165, 1.54) is 17.2 Å². The molecule has 0 aliphatic carbocycles. The molecule has 2 aliphatic rings. The Balaban J connectivity index is 1.27. The van der Waals surface area contributed by atoms with Gasteiger partial charge in [-0.1, -0.05) is 30.3 Å². The second-order valence-corrected chi connectivity index (χ2v) is 10.0. The minimum atomic E-state index is -0.979. The van der Waals surface area contributed by atoms with Gasteiger partial charge in [-0.05, 0) is 83.9 Å². The van der Waals surface area contributed by atoms with E-state index in [0.717, 1.165) is 44.6 Å². The summed E-state index contributed by atoms with van der Waals surface area (Å²) in [5, 5.41) is 4.25. The van der Waals surface area contributed by atoms with Crippen LogP contribution in [-0.2, 0) is 0 Å². The van der Waals surface area contributed by atoms with Crippen molar-refractivity contribution in [3.05, 3.63) is 93.7 Å². The van der Waals surface area contributed by atoms with Gasteiger partial charge in [0.05, 0.1) is 0 Å². The minimum absolute atomic E-state index is 0.210. The number of likely N-dealkylation sites (tertiary alicyclic amines) is 2. The van der Waals surface area contributed by atoms with Crippen LogP contribution in [0.15, 0.2) is 65.4 Å². The van der Waals surface area contributed by atoms with Crippen LogP contribution in [0.25, 0.3) is 0 Å². The zero-order valence-corrected chi connectivity index (χ0v) is 19.3. The van der Waals surface area contributed by atoms with E-state index < -0.39 is 11.6 Å². The highest BCUT2D eigenvalue weighted by molar-refractivity contribution is 7.08. The molecule has 2 atom stereocenters. The van der Waals surface area contributed by atoms with Crippen LogP contribution >= 0.6 is 11.3 Å². The normalized spacial score (nSPS) is 22.1. The van der Waals surface area contributed by atoms with Crippen LogP contribution in [0.5, 0.6) is 0 Å². The summed E-state index contributed by atoms with van der Waals surface area (Å²) in [7, 11) is 0. The Morgan fingerprint density at radius 3 is 2.42 bits per heavy atom. The van der Waals surface area contributed by atoms with Gasteiger partial charge in [-0.15, -0.1) is 0 Å². The molecule has 2 aromatic carbocycles. The van der Waals surface area contributed by atoms with Crippen molar-refractivity contribution in [2.75, 3.05) is 32.7 Å². The summed E-state index contributed by atoms with van der Waals surface area (Å²) in [6, 6.07) is 16.3. The van der Waals surface area contributed by atoms with Crippen LogP contribution in [0.4, 0.5) is 8.78 Å². The lowest BCUT2D eigenvalue weighted by atomic mass is 9.87. The molecule has 1 amide bonds. The third kappa shape index (κ3) is 4.87.